The van der Waals surface area contributed by atoms with Crippen LogP contribution in [0, 0.1) is 11.8 Å². The van der Waals surface area contributed by atoms with Gasteiger partial charge in [0.2, 0.25) is 0 Å². The van der Waals surface area contributed by atoms with Crippen molar-refractivity contribution in [1.82, 2.24) is 0 Å². The molecule has 0 fully saturated rings. The number of carboxylic acid groups (broad SMARTS) is 6. The van der Waals surface area contributed by atoms with E-state index in [1.54, 1.807) is 0 Å². The van der Waals surface area contributed by atoms with Gasteiger partial charge in [-0.1, -0.05) is 0 Å². The molecule has 0 aliphatic rings. The maximum Gasteiger partial charge on any atom is 2.00 e. The maximum atomic E-state index is 10.1. The van der Waals surface area contributed by atoms with Crippen LogP contribution in [0.5, 0.6) is 0 Å². The predicted molar refractivity (Wildman–Crippen MR) is 55.5 cm³/mol. The zero-order valence-electron chi connectivity index (χ0n) is 14.0. The first-order chi connectivity index (χ1) is 10.9. The summed E-state index contributed by atoms with van der Waals surface area (Å²) in [6.07, 6.45) is -3.51. The van der Waals surface area contributed by atoms with Crippen LogP contribution >= 0.6 is 0 Å². The van der Waals surface area contributed by atoms with Crippen molar-refractivity contribution in [2.24, 2.45) is 11.8 Å². The van der Waals surface area contributed by atoms with E-state index in [0.29, 0.717) is 0 Å². The Bertz CT molecular complexity index is 444. The Morgan fingerprint density at radius 1 is 0.444 bits per heavy atom. The molecule has 0 heterocycles. The second-order valence-corrected chi connectivity index (χ2v) is 4.34. The van der Waals surface area contributed by atoms with Crippen molar-refractivity contribution in [3.63, 3.8) is 0 Å². The number of carboxylic acids is 6. The molecule has 0 saturated carbocycles. The summed E-state index contributed by atoms with van der Waals surface area (Å²) in [6, 6.07) is 0. The standard InChI is InChI=1S/2C6H8O6.3Zn/c2*7-4(8)1-3(6(11)12)2-5(9)10;;;/h2*3H,1-2H2,(H,7,8)(H,9,10)(H,11,12);;;/q;;3*+2/p-6. The molecule has 0 rings (SSSR count). The Morgan fingerprint density at radius 2 is 0.593 bits per heavy atom. The number of carbonyl (C=O) groups excluding carboxylic acids is 6. The molecule has 0 aromatic rings. The second-order valence-electron chi connectivity index (χ2n) is 4.34. The smallest absolute Gasteiger partial charge is 0.550 e. The first-order valence-electron chi connectivity index (χ1n) is 6.07. The van der Waals surface area contributed by atoms with E-state index in [1.165, 1.54) is 0 Å². The van der Waals surface area contributed by atoms with E-state index >= 15 is 0 Å². The van der Waals surface area contributed by atoms with E-state index in [4.69, 9.17) is 0 Å². The van der Waals surface area contributed by atoms with Gasteiger partial charge in [0.15, 0.2) is 0 Å². The first-order valence-corrected chi connectivity index (χ1v) is 6.07. The van der Waals surface area contributed by atoms with Gasteiger partial charge in [0.05, 0.1) is 0 Å². The Kier molecular flexibility index (Phi) is 26.4. The van der Waals surface area contributed by atoms with Crippen LogP contribution in [0.4, 0.5) is 0 Å². The molecular weight excluding hydrogens is 532 g/mol. The van der Waals surface area contributed by atoms with E-state index in [1.807, 2.05) is 0 Å². The van der Waals surface area contributed by atoms with E-state index in [0.717, 1.165) is 0 Å². The van der Waals surface area contributed by atoms with Gasteiger partial charge in [0.25, 0.3) is 0 Å². The zero-order chi connectivity index (χ0) is 19.4. The summed E-state index contributed by atoms with van der Waals surface area (Å²) >= 11 is 0. The summed E-state index contributed by atoms with van der Waals surface area (Å²) < 4.78 is 0. The van der Waals surface area contributed by atoms with Crippen LogP contribution < -0.4 is 30.6 Å². The molecular formula is C12H10O12Zn3. The van der Waals surface area contributed by atoms with Crippen molar-refractivity contribution in [2.75, 3.05) is 0 Å². The number of carbonyl (C=O) groups is 6. The molecule has 0 atom stereocenters. The molecule has 0 aromatic heterocycles. The Hall–Kier alpha value is -1.31. The summed E-state index contributed by atoms with van der Waals surface area (Å²) in [6.45, 7) is 0. The quantitative estimate of drug-likeness (QED) is 0.234. The fourth-order valence-electron chi connectivity index (χ4n) is 1.28. The molecule has 12 nitrogen and oxygen atoms in total. The number of aliphatic carboxylic acids is 6. The molecule has 0 aliphatic heterocycles. The third kappa shape index (κ3) is 24.7. The topological polar surface area (TPSA) is 241 Å². The SMILES string of the molecule is O=C([O-])CC(CC(=O)[O-])C(=O)[O-].O=C([O-])CC(CC(=O)[O-])C(=O)[O-].[Zn+2].[Zn+2].[Zn+2]. The molecule has 0 spiro atoms. The molecule has 15 heteroatoms. The van der Waals surface area contributed by atoms with Gasteiger partial charge in [-0.05, 0) is 25.7 Å². The van der Waals surface area contributed by atoms with Crippen LogP contribution in [-0.2, 0) is 87.2 Å². The molecule has 0 bridgehead atoms. The molecule has 0 saturated heterocycles. The minimum atomic E-state index is -1.73. The summed E-state index contributed by atoms with van der Waals surface area (Å²) in [5.74, 6) is -13.2. The largest absolute Gasteiger partial charge is 2.00 e. The Morgan fingerprint density at radius 3 is 0.667 bits per heavy atom. The van der Waals surface area contributed by atoms with Gasteiger partial charge in [-0.15, -0.1) is 0 Å². The van der Waals surface area contributed by atoms with Gasteiger partial charge in [0, 0.05) is 47.7 Å². The first kappa shape index (κ1) is 36.6. The average Bonchev–Trinajstić information content (AvgIpc) is 2.35. The van der Waals surface area contributed by atoms with Crippen molar-refractivity contribution in [1.29, 1.82) is 0 Å². The Labute approximate surface area is 190 Å². The molecule has 0 radical (unpaired) electrons. The van der Waals surface area contributed by atoms with Crippen LogP contribution in [0.15, 0.2) is 0 Å². The number of hydrogen-bond acceptors (Lipinski definition) is 12. The van der Waals surface area contributed by atoms with E-state index in [-0.39, 0.29) is 58.4 Å². The summed E-state index contributed by atoms with van der Waals surface area (Å²) in [7, 11) is 0. The van der Waals surface area contributed by atoms with Gasteiger partial charge in [-0.3, -0.25) is 0 Å². The summed E-state index contributed by atoms with van der Waals surface area (Å²) in [4.78, 5) is 59.7. The average molecular weight is 542 g/mol. The predicted octanol–water partition coefficient (Wildman–Crippen LogP) is -8.74. The fraction of sp³-hybridized carbons (Fsp3) is 0.500. The summed E-state index contributed by atoms with van der Waals surface area (Å²) in [5.41, 5.74) is 0. The molecule has 0 aliphatic carbocycles. The van der Waals surface area contributed by atoms with Gasteiger partial charge in [-0.2, -0.15) is 0 Å². The van der Waals surface area contributed by atoms with Crippen molar-refractivity contribution in [3.05, 3.63) is 0 Å². The van der Waals surface area contributed by atoms with Crippen LogP contribution in [0.25, 0.3) is 0 Å². The van der Waals surface area contributed by atoms with Crippen molar-refractivity contribution in [2.45, 2.75) is 25.7 Å². The van der Waals surface area contributed by atoms with Gasteiger partial charge >= 0.3 is 58.4 Å². The van der Waals surface area contributed by atoms with Crippen molar-refractivity contribution >= 4 is 35.8 Å². The third-order valence-corrected chi connectivity index (χ3v) is 2.32. The van der Waals surface area contributed by atoms with Crippen molar-refractivity contribution in [3.8, 4) is 0 Å². The summed E-state index contributed by atoms with van der Waals surface area (Å²) in [5, 5.41) is 59.7. The Balaban J connectivity index is -0.000000108. The van der Waals surface area contributed by atoms with E-state index in [2.05, 4.69) is 0 Å². The molecule has 0 aromatic carbocycles. The molecule has 27 heavy (non-hydrogen) atoms. The maximum absolute atomic E-state index is 10.1. The van der Waals surface area contributed by atoms with Crippen LogP contribution in [0.3, 0.4) is 0 Å². The van der Waals surface area contributed by atoms with Crippen LogP contribution in [0.2, 0.25) is 0 Å². The van der Waals surface area contributed by atoms with Crippen molar-refractivity contribution < 1.29 is 118 Å². The molecule has 0 amide bonds. The van der Waals surface area contributed by atoms with Crippen LogP contribution in [0.1, 0.15) is 25.7 Å². The zero-order valence-corrected chi connectivity index (χ0v) is 22.9. The molecule has 136 valence electrons. The molecule has 0 N–H and O–H groups in total. The van der Waals surface area contributed by atoms with Gasteiger partial charge < -0.3 is 59.4 Å². The van der Waals surface area contributed by atoms with E-state index < -0.39 is 73.3 Å². The minimum absolute atomic E-state index is 0. The number of rotatable bonds is 10. The third-order valence-electron chi connectivity index (χ3n) is 2.32. The van der Waals surface area contributed by atoms with Gasteiger partial charge in [-0.25, -0.2) is 0 Å². The van der Waals surface area contributed by atoms with Gasteiger partial charge in [0.1, 0.15) is 0 Å². The normalized spacial score (nSPS) is 8.67. The fourth-order valence-corrected chi connectivity index (χ4v) is 1.28. The second kappa shape index (κ2) is 19.5. The molecule has 0 unspecified atom stereocenters. The number of hydrogen-bond donors (Lipinski definition) is 0. The minimum Gasteiger partial charge on any atom is -0.550 e. The van der Waals surface area contributed by atoms with E-state index in [9.17, 15) is 59.4 Å². The van der Waals surface area contributed by atoms with Crippen LogP contribution in [-0.4, -0.2) is 35.8 Å². The monoisotopic (exact) mass is 538 g/mol.